The number of piperidine rings is 1. The highest BCUT2D eigenvalue weighted by Gasteiger charge is 2.32. The number of nitrogen functional groups attached to an aromatic ring is 1. The molecule has 26 heavy (non-hydrogen) atoms. The smallest absolute Gasteiger partial charge is 0.128 e. The van der Waals surface area contributed by atoms with Crippen LogP contribution in [0.3, 0.4) is 0 Å². The Morgan fingerprint density at radius 3 is 2.85 bits per heavy atom. The molecule has 0 radical (unpaired) electrons. The first-order valence-electron chi connectivity index (χ1n) is 9.27. The molecule has 3 unspecified atom stereocenters. The Morgan fingerprint density at radius 2 is 2.08 bits per heavy atom. The van der Waals surface area contributed by atoms with E-state index in [-0.39, 0.29) is 23.8 Å². The van der Waals surface area contributed by atoms with Crippen LogP contribution in [-0.2, 0) is 4.74 Å². The summed E-state index contributed by atoms with van der Waals surface area (Å²) in [6.07, 6.45) is 6.58. The van der Waals surface area contributed by atoms with Crippen molar-refractivity contribution in [1.29, 1.82) is 0 Å². The van der Waals surface area contributed by atoms with Gasteiger partial charge in [0.2, 0.25) is 0 Å². The number of halogens is 1. The lowest BCUT2D eigenvalue weighted by molar-refractivity contribution is 0.0662. The van der Waals surface area contributed by atoms with Crippen molar-refractivity contribution in [3.63, 3.8) is 0 Å². The number of rotatable bonds is 3. The van der Waals surface area contributed by atoms with E-state index in [0.29, 0.717) is 17.3 Å². The van der Waals surface area contributed by atoms with E-state index in [0.717, 1.165) is 39.0 Å². The van der Waals surface area contributed by atoms with Crippen molar-refractivity contribution in [3.8, 4) is 0 Å². The number of aromatic nitrogens is 2. The maximum atomic E-state index is 14.4. The molecule has 2 aliphatic rings. The summed E-state index contributed by atoms with van der Waals surface area (Å²) in [6, 6.07) is 5.26. The third-order valence-corrected chi connectivity index (χ3v) is 5.65. The highest BCUT2D eigenvalue weighted by Crippen LogP contribution is 2.36. The van der Waals surface area contributed by atoms with Crippen molar-refractivity contribution in [2.24, 2.45) is 5.73 Å². The highest BCUT2D eigenvalue weighted by molar-refractivity contribution is 5.42. The molecule has 4 rings (SSSR count). The summed E-state index contributed by atoms with van der Waals surface area (Å²) in [7, 11) is 0. The van der Waals surface area contributed by atoms with E-state index in [1.165, 1.54) is 11.6 Å². The zero-order chi connectivity index (χ0) is 18.1. The van der Waals surface area contributed by atoms with E-state index < -0.39 is 0 Å². The van der Waals surface area contributed by atoms with Crippen LogP contribution in [0.15, 0.2) is 30.6 Å². The van der Waals surface area contributed by atoms with Crippen LogP contribution in [0, 0.1) is 5.82 Å². The fourth-order valence-corrected chi connectivity index (χ4v) is 4.09. The second-order valence-electron chi connectivity index (χ2n) is 7.35. The summed E-state index contributed by atoms with van der Waals surface area (Å²) < 4.78 is 21.9. The summed E-state index contributed by atoms with van der Waals surface area (Å²) in [5.74, 6) is -0.128. The van der Waals surface area contributed by atoms with Crippen molar-refractivity contribution < 1.29 is 9.13 Å². The standard InChI is InChI=1S/C19H26FN5O/c20-18-8-14(21)1-2-16(18)17-7-12(9-23-19(17)22)13-10-24-25(11-13)15-3-5-26-6-4-15/h1-2,8,10-12,15,17,19,23H,3-7,9,21-22H2. The van der Waals surface area contributed by atoms with Gasteiger partial charge in [-0.2, -0.15) is 5.10 Å². The summed E-state index contributed by atoms with van der Waals surface area (Å²) in [4.78, 5) is 0. The van der Waals surface area contributed by atoms with Crippen molar-refractivity contribution >= 4 is 5.69 Å². The van der Waals surface area contributed by atoms with Gasteiger partial charge >= 0.3 is 0 Å². The van der Waals surface area contributed by atoms with Crippen LogP contribution in [0.1, 0.15) is 48.3 Å². The molecule has 2 aliphatic heterocycles. The number of nitrogens with two attached hydrogens (primary N) is 2. The molecule has 5 N–H and O–H groups in total. The zero-order valence-electron chi connectivity index (χ0n) is 14.8. The molecule has 140 valence electrons. The Morgan fingerprint density at radius 1 is 1.27 bits per heavy atom. The first-order chi connectivity index (χ1) is 12.6. The van der Waals surface area contributed by atoms with E-state index in [4.69, 9.17) is 16.2 Å². The lowest BCUT2D eigenvalue weighted by Gasteiger charge is -2.35. The molecule has 2 aromatic rings. The maximum absolute atomic E-state index is 14.4. The Hall–Kier alpha value is -1.96. The average molecular weight is 359 g/mol. The monoisotopic (exact) mass is 359 g/mol. The Bertz CT molecular complexity index is 758. The molecule has 0 bridgehead atoms. The number of anilines is 1. The second kappa shape index (κ2) is 7.34. The summed E-state index contributed by atoms with van der Waals surface area (Å²) in [5.41, 5.74) is 14.1. The van der Waals surface area contributed by atoms with Gasteiger partial charge in [-0.05, 0) is 42.5 Å². The normalized spacial score (nSPS) is 27.5. The third kappa shape index (κ3) is 3.47. The number of benzene rings is 1. The predicted molar refractivity (Wildman–Crippen MR) is 98.2 cm³/mol. The molecule has 6 nitrogen and oxygen atoms in total. The first kappa shape index (κ1) is 17.5. The minimum atomic E-state index is -0.286. The van der Waals surface area contributed by atoms with Crippen LogP contribution in [0.2, 0.25) is 0 Å². The first-order valence-corrected chi connectivity index (χ1v) is 9.27. The van der Waals surface area contributed by atoms with Gasteiger partial charge in [0, 0.05) is 43.5 Å². The third-order valence-electron chi connectivity index (χ3n) is 5.65. The van der Waals surface area contributed by atoms with Gasteiger partial charge in [-0.25, -0.2) is 4.39 Å². The molecule has 0 saturated carbocycles. The Balaban J connectivity index is 1.52. The van der Waals surface area contributed by atoms with Crippen LogP contribution >= 0.6 is 0 Å². The SMILES string of the molecule is Nc1ccc(C2CC(c3cnn(C4CCOCC4)c3)CNC2N)c(F)c1. The molecule has 0 aliphatic carbocycles. The molecule has 1 aromatic carbocycles. The molecule has 2 saturated heterocycles. The minimum Gasteiger partial charge on any atom is -0.399 e. The van der Waals surface area contributed by atoms with Crippen LogP contribution in [0.5, 0.6) is 0 Å². The van der Waals surface area contributed by atoms with Gasteiger partial charge < -0.3 is 21.5 Å². The van der Waals surface area contributed by atoms with Gasteiger partial charge in [0.1, 0.15) is 5.82 Å². The lowest BCUT2D eigenvalue weighted by atomic mass is 9.81. The largest absolute Gasteiger partial charge is 0.399 e. The predicted octanol–water partition coefficient (Wildman–Crippen LogP) is 2.10. The van der Waals surface area contributed by atoms with Crippen molar-refractivity contribution in [2.75, 3.05) is 25.5 Å². The van der Waals surface area contributed by atoms with Gasteiger partial charge in [-0.15, -0.1) is 0 Å². The maximum Gasteiger partial charge on any atom is 0.128 e. The molecule has 3 heterocycles. The summed E-state index contributed by atoms with van der Waals surface area (Å²) in [6.45, 7) is 2.35. The number of nitrogens with one attached hydrogen (secondary N) is 1. The van der Waals surface area contributed by atoms with Gasteiger partial charge in [-0.3, -0.25) is 4.68 Å². The number of hydrogen-bond acceptors (Lipinski definition) is 5. The van der Waals surface area contributed by atoms with Crippen molar-refractivity contribution in [3.05, 3.63) is 47.5 Å². The Labute approximate surface area is 152 Å². The highest BCUT2D eigenvalue weighted by atomic mass is 19.1. The van der Waals surface area contributed by atoms with E-state index in [2.05, 4.69) is 21.3 Å². The molecule has 2 fully saturated rings. The van der Waals surface area contributed by atoms with Crippen molar-refractivity contribution in [1.82, 2.24) is 15.1 Å². The van der Waals surface area contributed by atoms with E-state index in [1.807, 2.05) is 6.20 Å². The minimum absolute atomic E-state index is 0.0965. The fraction of sp³-hybridized carbons (Fsp3) is 0.526. The molecule has 1 aromatic heterocycles. The van der Waals surface area contributed by atoms with Gasteiger partial charge in [0.05, 0.1) is 18.4 Å². The summed E-state index contributed by atoms with van der Waals surface area (Å²) >= 11 is 0. The number of nitrogens with zero attached hydrogens (tertiary/aromatic N) is 2. The number of hydrogen-bond donors (Lipinski definition) is 3. The van der Waals surface area contributed by atoms with E-state index in [9.17, 15) is 4.39 Å². The lowest BCUT2D eigenvalue weighted by Crippen LogP contribution is -2.49. The molecule has 0 amide bonds. The molecule has 7 heteroatoms. The van der Waals surface area contributed by atoms with Crippen LogP contribution < -0.4 is 16.8 Å². The van der Waals surface area contributed by atoms with Gasteiger partial charge in [0.25, 0.3) is 0 Å². The fourth-order valence-electron chi connectivity index (χ4n) is 4.09. The van der Waals surface area contributed by atoms with E-state index >= 15 is 0 Å². The topological polar surface area (TPSA) is 91.1 Å². The molecule has 3 atom stereocenters. The number of ether oxygens (including phenoxy) is 1. The zero-order valence-corrected chi connectivity index (χ0v) is 14.8. The average Bonchev–Trinajstić information content (AvgIpc) is 3.14. The van der Waals surface area contributed by atoms with Crippen LogP contribution in [0.4, 0.5) is 10.1 Å². The quantitative estimate of drug-likeness (QED) is 0.730. The van der Waals surface area contributed by atoms with Crippen molar-refractivity contribution in [2.45, 2.75) is 43.3 Å². The Kier molecular flexibility index (Phi) is 4.93. The van der Waals surface area contributed by atoms with Crippen LogP contribution in [0.25, 0.3) is 0 Å². The van der Waals surface area contributed by atoms with Gasteiger partial charge in [0.15, 0.2) is 0 Å². The second-order valence-corrected chi connectivity index (χ2v) is 7.35. The molecular formula is C19H26FN5O. The van der Waals surface area contributed by atoms with Gasteiger partial charge in [-0.1, -0.05) is 6.07 Å². The molecule has 0 spiro atoms. The van der Waals surface area contributed by atoms with Crippen LogP contribution in [-0.4, -0.2) is 35.7 Å². The van der Waals surface area contributed by atoms with E-state index in [1.54, 1.807) is 12.1 Å². The summed E-state index contributed by atoms with van der Waals surface area (Å²) in [5, 5.41) is 7.91. The molecular weight excluding hydrogens is 333 g/mol.